The van der Waals surface area contributed by atoms with Gasteiger partial charge in [0.1, 0.15) is 5.70 Å². The highest BCUT2D eigenvalue weighted by Crippen LogP contribution is 2.39. The maximum Gasteiger partial charge on any atom is 0.272 e. The molecule has 1 atom stereocenters. The molecule has 0 aromatic heterocycles. The number of methoxy groups -OCH3 is 3. The molecule has 1 heterocycles. The normalized spacial score (nSPS) is 14.5. The third-order valence-electron chi connectivity index (χ3n) is 7.84. The number of ether oxygens (including phenoxy) is 3. The molecule has 49 heavy (non-hydrogen) atoms. The number of benzene rings is 4. The average Bonchev–Trinajstić information content (AvgIpc) is 3.39. The van der Waals surface area contributed by atoms with Gasteiger partial charge in [-0.15, -0.1) is 11.8 Å². The summed E-state index contributed by atoms with van der Waals surface area (Å²) in [5, 5.41) is 4.98. The van der Waals surface area contributed by atoms with E-state index in [0.717, 1.165) is 10.5 Å². The van der Waals surface area contributed by atoms with Gasteiger partial charge in [-0.1, -0.05) is 44.2 Å². The summed E-state index contributed by atoms with van der Waals surface area (Å²) >= 11 is 1.29. The van der Waals surface area contributed by atoms with E-state index in [2.05, 4.69) is 24.5 Å². The first kappa shape index (κ1) is 34.8. The van der Waals surface area contributed by atoms with Gasteiger partial charge in [-0.3, -0.25) is 19.2 Å². The highest BCUT2D eigenvalue weighted by Gasteiger charge is 2.40. The molecule has 1 fully saturated rings. The monoisotopic (exact) mass is 679 g/mol. The van der Waals surface area contributed by atoms with Crippen LogP contribution < -0.4 is 29.7 Å². The first-order valence-corrected chi connectivity index (χ1v) is 16.4. The molecule has 4 amide bonds. The molecule has 4 aromatic carbocycles. The zero-order valence-corrected chi connectivity index (χ0v) is 28.6. The molecule has 0 aliphatic carbocycles. The molecule has 2 N–H and O–H groups in total. The van der Waals surface area contributed by atoms with Crippen molar-refractivity contribution >= 4 is 52.8 Å². The van der Waals surface area contributed by atoms with E-state index in [1.807, 2.05) is 24.3 Å². The number of amides is 4. The molecule has 1 unspecified atom stereocenters. The number of carbonyl (C=O) groups is 4. The molecule has 11 heteroatoms. The van der Waals surface area contributed by atoms with E-state index in [4.69, 9.17) is 14.2 Å². The lowest BCUT2D eigenvalue weighted by Crippen LogP contribution is -2.31. The third kappa shape index (κ3) is 8.13. The summed E-state index contributed by atoms with van der Waals surface area (Å²) in [6, 6.07) is 26.3. The van der Waals surface area contributed by atoms with Crippen molar-refractivity contribution in [3.63, 3.8) is 0 Å². The molecule has 10 nitrogen and oxygen atoms in total. The van der Waals surface area contributed by atoms with Crippen LogP contribution in [0.5, 0.6) is 17.2 Å². The quantitative estimate of drug-likeness (QED) is 0.126. The summed E-state index contributed by atoms with van der Waals surface area (Å²) < 4.78 is 16.3. The molecule has 0 bridgehead atoms. The summed E-state index contributed by atoms with van der Waals surface area (Å²) in [6.07, 6.45) is 1.60. The lowest BCUT2D eigenvalue weighted by Gasteiger charge is -2.16. The highest BCUT2D eigenvalue weighted by molar-refractivity contribution is 8.00. The van der Waals surface area contributed by atoms with Crippen LogP contribution in [-0.4, -0.2) is 50.2 Å². The number of nitrogens with one attached hydrogen (secondary N) is 2. The lowest BCUT2D eigenvalue weighted by atomic mass is 10.0. The minimum absolute atomic E-state index is 0.0295. The van der Waals surface area contributed by atoms with Crippen molar-refractivity contribution < 1.29 is 33.4 Å². The molecule has 1 saturated heterocycles. The van der Waals surface area contributed by atoms with Gasteiger partial charge in [0.05, 0.1) is 32.3 Å². The number of anilines is 2. The number of imide groups is 1. The topological polar surface area (TPSA) is 123 Å². The Hall–Kier alpha value is -5.55. The van der Waals surface area contributed by atoms with Crippen molar-refractivity contribution in [1.29, 1.82) is 0 Å². The van der Waals surface area contributed by atoms with E-state index in [9.17, 15) is 19.2 Å². The molecule has 0 radical (unpaired) electrons. The summed E-state index contributed by atoms with van der Waals surface area (Å²) in [4.78, 5) is 54.8. The maximum atomic E-state index is 13.6. The van der Waals surface area contributed by atoms with E-state index in [1.54, 1.807) is 66.7 Å². The van der Waals surface area contributed by atoms with Gasteiger partial charge >= 0.3 is 0 Å². The van der Waals surface area contributed by atoms with E-state index in [-0.39, 0.29) is 23.9 Å². The number of hydrogen-bond acceptors (Lipinski definition) is 8. The molecular weight excluding hydrogens is 642 g/mol. The second-order valence-electron chi connectivity index (χ2n) is 11.4. The minimum Gasteiger partial charge on any atom is -0.493 e. The van der Waals surface area contributed by atoms with Gasteiger partial charge in [-0.05, 0) is 83.8 Å². The fourth-order valence-electron chi connectivity index (χ4n) is 5.25. The SMILES string of the molecule is COc1cc(/C=C(\NC(=O)c2ccccc2)C(=O)Nc2ccc(SC3CC(=O)N(c4ccc(C(C)C)cc4)C3=O)cc2)cc(OC)c1OC. The van der Waals surface area contributed by atoms with Crippen LogP contribution in [0.2, 0.25) is 0 Å². The number of hydrogen-bond donors (Lipinski definition) is 2. The van der Waals surface area contributed by atoms with Gasteiger partial charge in [0.25, 0.3) is 11.8 Å². The Balaban J connectivity index is 1.32. The minimum atomic E-state index is -0.575. The fraction of sp³-hybridized carbons (Fsp3) is 0.211. The summed E-state index contributed by atoms with van der Waals surface area (Å²) in [5.41, 5.74) is 3.01. The van der Waals surface area contributed by atoms with Crippen LogP contribution in [0.15, 0.2) is 102 Å². The van der Waals surface area contributed by atoms with Crippen molar-refractivity contribution in [1.82, 2.24) is 5.32 Å². The first-order valence-electron chi connectivity index (χ1n) is 15.5. The van der Waals surface area contributed by atoms with Gasteiger partial charge in [-0.25, -0.2) is 4.90 Å². The number of nitrogens with zero attached hydrogens (tertiary/aromatic N) is 1. The predicted octanol–water partition coefficient (Wildman–Crippen LogP) is 6.67. The number of thioether (sulfide) groups is 1. The van der Waals surface area contributed by atoms with Gasteiger partial charge < -0.3 is 24.8 Å². The molecule has 5 rings (SSSR count). The summed E-state index contributed by atoms with van der Waals surface area (Å²) in [7, 11) is 4.46. The average molecular weight is 680 g/mol. The Morgan fingerprint density at radius 1 is 0.857 bits per heavy atom. The standard InChI is InChI=1S/C38H37N3O7S/c1-23(2)25-11-15-28(16-12-25)41-34(42)22-33(38(41)45)49-29-17-13-27(14-18-29)39-37(44)30(40-36(43)26-9-7-6-8-10-26)19-24-20-31(46-3)35(48-5)32(21-24)47-4/h6-21,23,33H,22H2,1-5H3,(H,39,44)(H,40,43)/b30-19-. The molecule has 252 valence electrons. The third-order valence-corrected chi connectivity index (χ3v) is 9.04. The Morgan fingerprint density at radius 3 is 2.06 bits per heavy atom. The van der Waals surface area contributed by atoms with Crippen LogP contribution >= 0.6 is 11.8 Å². The molecule has 1 aliphatic heterocycles. The zero-order chi connectivity index (χ0) is 35.1. The van der Waals surface area contributed by atoms with Crippen molar-refractivity contribution in [2.45, 2.75) is 36.3 Å². The number of carbonyl (C=O) groups excluding carboxylic acids is 4. The zero-order valence-electron chi connectivity index (χ0n) is 27.8. The van der Waals surface area contributed by atoms with Crippen molar-refractivity contribution in [2.75, 3.05) is 31.5 Å². The predicted molar refractivity (Wildman–Crippen MR) is 190 cm³/mol. The van der Waals surface area contributed by atoms with Crippen molar-refractivity contribution in [3.8, 4) is 17.2 Å². The van der Waals surface area contributed by atoms with E-state index in [0.29, 0.717) is 45.7 Å². The number of rotatable bonds is 12. The van der Waals surface area contributed by atoms with Gasteiger partial charge in [0.15, 0.2) is 11.5 Å². The Bertz CT molecular complexity index is 1850. The van der Waals surface area contributed by atoms with Crippen LogP contribution in [0.4, 0.5) is 11.4 Å². The van der Waals surface area contributed by atoms with Crippen LogP contribution in [-0.2, 0) is 14.4 Å². The van der Waals surface area contributed by atoms with Crippen molar-refractivity contribution in [3.05, 3.63) is 113 Å². The van der Waals surface area contributed by atoms with Gasteiger partial charge in [0.2, 0.25) is 17.6 Å². The Kier molecular flexibility index (Phi) is 11.0. The highest BCUT2D eigenvalue weighted by atomic mass is 32.2. The van der Waals surface area contributed by atoms with E-state index >= 15 is 0 Å². The van der Waals surface area contributed by atoms with Crippen LogP contribution in [0.25, 0.3) is 6.08 Å². The van der Waals surface area contributed by atoms with Gasteiger partial charge in [0, 0.05) is 22.6 Å². The largest absolute Gasteiger partial charge is 0.493 e. The second kappa shape index (κ2) is 15.6. The Labute approximate surface area is 289 Å². The molecular formula is C38H37N3O7S. The molecule has 4 aromatic rings. The van der Waals surface area contributed by atoms with Crippen molar-refractivity contribution in [2.24, 2.45) is 0 Å². The van der Waals surface area contributed by atoms with E-state index < -0.39 is 17.1 Å². The lowest BCUT2D eigenvalue weighted by molar-refractivity contribution is -0.121. The van der Waals surface area contributed by atoms with Gasteiger partial charge in [-0.2, -0.15) is 0 Å². The summed E-state index contributed by atoms with van der Waals surface area (Å²) in [6.45, 7) is 4.17. The Morgan fingerprint density at radius 2 is 1.49 bits per heavy atom. The fourth-order valence-corrected chi connectivity index (χ4v) is 6.30. The van der Waals surface area contributed by atoms with Crippen LogP contribution in [0, 0.1) is 0 Å². The van der Waals surface area contributed by atoms with Crippen LogP contribution in [0.1, 0.15) is 47.7 Å². The van der Waals surface area contributed by atoms with Crippen LogP contribution in [0.3, 0.4) is 0 Å². The summed E-state index contributed by atoms with van der Waals surface area (Å²) in [5.74, 6) is -0.0672. The maximum absolute atomic E-state index is 13.6. The second-order valence-corrected chi connectivity index (χ2v) is 12.7. The van der Waals surface area contributed by atoms with E-state index in [1.165, 1.54) is 44.1 Å². The molecule has 0 spiro atoms. The molecule has 1 aliphatic rings. The first-order chi connectivity index (χ1) is 23.6. The smallest absolute Gasteiger partial charge is 0.272 e. The molecule has 0 saturated carbocycles.